The minimum Gasteiger partial charge on any atom is -0.356 e. The fourth-order valence-electron chi connectivity index (χ4n) is 1.73. The largest absolute Gasteiger partial charge is 0.356 e. The number of rotatable bonds is 7. The molecule has 3 nitrogen and oxygen atoms in total. The average molecular weight is 209 g/mol. The Balaban J connectivity index is 2.44. The summed E-state index contributed by atoms with van der Waals surface area (Å²) in [6.45, 7) is 8.41. The SMILES string of the molecule is CCCCCCn1cc(C)nc1NCC. The third kappa shape index (κ3) is 3.94. The van der Waals surface area contributed by atoms with Crippen LogP contribution in [0.15, 0.2) is 6.20 Å². The number of aryl methyl sites for hydroxylation is 2. The van der Waals surface area contributed by atoms with E-state index in [-0.39, 0.29) is 0 Å². The Morgan fingerprint density at radius 1 is 1.27 bits per heavy atom. The molecular formula is C12H23N3. The highest BCUT2D eigenvalue weighted by Gasteiger charge is 2.03. The molecule has 0 bridgehead atoms. The molecule has 0 spiro atoms. The van der Waals surface area contributed by atoms with Crippen LogP contribution in [-0.2, 0) is 6.54 Å². The number of aromatic nitrogens is 2. The van der Waals surface area contributed by atoms with Gasteiger partial charge >= 0.3 is 0 Å². The lowest BCUT2D eigenvalue weighted by atomic mass is 10.2. The number of hydrogen-bond acceptors (Lipinski definition) is 2. The van der Waals surface area contributed by atoms with E-state index >= 15 is 0 Å². The zero-order valence-corrected chi connectivity index (χ0v) is 10.2. The lowest BCUT2D eigenvalue weighted by molar-refractivity contribution is 0.585. The van der Waals surface area contributed by atoms with E-state index < -0.39 is 0 Å². The second kappa shape index (κ2) is 6.49. The van der Waals surface area contributed by atoms with Gasteiger partial charge in [0.15, 0.2) is 0 Å². The number of nitrogens with zero attached hydrogens (tertiary/aromatic N) is 2. The van der Waals surface area contributed by atoms with Gasteiger partial charge < -0.3 is 9.88 Å². The Morgan fingerprint density at radius 2 is 2.07 bits per heavy atom. The summed E-state index contributed by atoms with van der Waals surface area (Å²) in [7, 11) is 0. The van der Waals surface area contributed by atoms with Gasteiger partial charge in [-0.25, -0.2) is 4.98 Å². The summed E-state index contributed by atoms with van der Waals surface area (Å²) in [5.74, 6) is 1.02. The van der Waals surface area contributed by atoms with E-state index in [1.165, 1.54) is 25.7 Å². The van der Waals surface area contributed by atoms with Crippen molar-refractivity contribution in [2.75, 3.05) is 11.9 Å². The van der Waals surface area contributed by atoms with E-state index in [4.69, 9.17) is 0 Å². The van der Waals surface area contributed by atoms with Crippen molar-refractivity contribution in [1.29, 1.82) is 0 Å². The molecule has 0 saturated heterocycles. The lowest BCUT2D eigenvalue weighted by Crippen LogP contribution is -2.06. The molecule has 1 aromatic rings. The molecule has 1 heterocycles. The molecule has 0 aliphatic heterocycles. The number of imidazole rings is 1. The van der Waals surface area contributed by atoms with Crippen LogP contribution in [0.2, 0.25) is 0 Å². The summed E-state index contributed by atoms with van der Waals surface area (Å²) < 4.78 is 2.23. The molecule has 0 atom stereocenters. The molecule has 0 saturated carbocycles. The van der Waals surface area contributed by atoms with Crippen LogP contribution in [0.25, 0.3) is 0 Å². The maximum absolute atomic E-state index is 4.45. The predicted molar refractivity (Wildman–Crippen MR) is 65.3 cm³/mol. The summed E-state index contributed by atoms with van der Waals surface area (Å²) in [5, 5.41) is 3.29. The molecule has 3 heteroatoms. The molecule has 0 amide bonds. The van der Waals surface area contributed by atoms with Gasteiger partial charge in [0.05, 0.1) is 5.69 Å². The molecule has 0 fully saturated rings. The van der Waals surface area contributed by atoms with E-state index in [9.17, 15) is 0 Å². The first kappa shape index (κ1) is 12.1. The fraction of sp³-hybridized carbons (Fsp3) is 0.750. The second-order valence-electron chi connectivity index (χ2n) is 3.99. The Kier molecular flexibility index (Phi) is 5.22. The van der Waals surface area contributed by atoms with Crippen LogP contribution in [0, 0.1) is 6.92 Å². The first-order chi connectivity index (χ1) is 7.27. The maximum atomic E-state index is 4.45. The second-order valence-corrected chi connectivity index (χ2v) is 3.99. The van der Waals surface area contributed by atoms with E-state index in [1.807, 2.05) is 6.92 Å². The van der Waals surface area contributed by atoms with Gasteiger partial charge in [0.1, 0.15) is 0 Å². The molecule has 0 unspecified atom stereocenters. The van der Waals surface area contributed by atoms with Gasteiger partial charge in [0.2, 0.25) is 5.95 Å². The van der Waals surface area contributed by atoms with Crippen LogP contribution in [0.1, 0.15) is 45.2 Å². The zero-order chi connectivity index (χ0) is 11.1. The Morgan fingerprint density at radius 3 is 2.73 bits per heavy atom. The monoisotopic (exact) mass is 209 g/mol. The molecule has 15 heavy (non-hydrogen) atoms. The van der Waals surface area contributed by atoms with E-state index in [0.29, 0.717) is 0 Å². The summed E-state index contributed by atoms with van der Waals surface area (Å²) in [6, 6.07) is 0. The number of anilines is 1. The average Bonchev–Trinajstić information content (AvgIpc) is 2.55. The smallest absolute Gasteiger partial charge is 0.203 e. The third-order valence-electron chi connectivity index (χ3n) is 2.48. The normalized spacial score (nSPS) is 10.6. The molecule has 1 rings (SSSR count). The zero-order valence-electron chi connectivity index (χ0n) is 10.2. The summed E-state index contributed by atoms with van der Waals surface area (Å²) >= 11 is 0. The minimum absolute atomic E-state index is 0.936. The van der Waals surface area contributed by atoms with Gasteiger partial charge in [-0.2, -0.15) is 0 Å². The number of unbranched alkanes of at least 4 members (excludes halogenated alkanes) is 3. The molecule has 0 aliphatic rings. The molecule has 0 aliphatic carbocycles. The van der Waals surface area contributed by atoms with Gasteiger partial charge in [-0.3, -0.25) is 0 Å². The Labute approximate surface area is 92.9 Å². The van der Waals surface area contributed by atoms with Gasteiger partial charge in [-0.15, -0.1) is 0 Å². The number of hydrogen-bond donors (Lipinski definition) is 1. The predicted octanol–water partition coefficient (Wildman–Crippen LogP) is 3.20. The fourth-order valence-corrected chi connectivity index (χ4v) is 1.73. The topological polar surface area (TPSA) is 29.9 Å². The van der Waals surface area contributed by atoms with Crippen LogP contribution in [0.4, 0.5) is 5.95 Å². The molecule has 1 aromatic heterocycles. The molecule has 1 N–H and O–H groups in total. The summed E-state index contributed by atoms with van der Waals surface area (Å²) in [6.07, 6.45) is 7.33. The van der Waals surface area contributed by atoms with Crippen LogP contribution >= 0.6 is 0 Å². The van der Waals surface area contributed by atoms with Crippen molar-refractivity contribution in [3.05, 3.63) is 11.9 Å². The van der Waals surface area contributed by atoms with Crippen molar-refractivity contribution >= 4 is 5.95 Å². The van der Waals surface area contributed by atoms with E-state index in [1.54, 1.807) is 0 Å². The van der Waals surface area contributed by atoms with Crippen molar-refractivity contribution in [2.24, 2.45) is 0 Å². The highest BCUT2D eigenvalue weighted by molar-refractivity contribution is 5.28. The molecular weight excluding hydrogens is 186 g/mol. The van der Waals surface area contributed by atoms with Crippen molar-refractivity contribution < 1.29 is 0 Å². The maximum Gasteiger partial charge on any atom is 0.203 e. The molecule has 0 radical (unpaired) electrons. The Hall–Kier alpha value is -0.990. The highest BCUT2D eigenvalue weighted by atomic mass is 15.2. The lowest BCUT2D eigenvalue weighted by Gasteiger charge is -2.07. The van der Waals surface area contributed by atoms with Gasteiger partial charge in [-0.1, -0.05) is 26.2 Å². The number of nitrogens with one attached hydrogen (secondary N) is 1. The van der Waals surface area contributed by atoms with Crippen LogP contribution in [-0.4, -0.2) is 16.1 Å². The van der Waals surface area contributed by atoms with E-state index in [0.717, 1.165) is 24.7 Å². The van der Waals surface area contributed by atoms with E-state index in [2.05, 4.69) is 34.9 Å². The van der Waals surface area contributed by atoms with Crippen LogP contribution < -0.4 is 5.32 Å². The van der Waals surface area contributed by atoms with Gasteiger partial charge in [0.25, 0.3) is 0 Å². The van der Waals surface area contributed by atoms with Crippen LogP contribution in [0.5, 0.6) is 0 Å². The highest BCUT2D eigenvalue weighted by Crippen LogP contribution is 2.10. The van der Waals surface area contributed by atoms with Gasteiger partial charge in [-0.05, 0) is 20.3 Å². The van der Waals surface area contributed by atoms with Crippen molar-refractivity contribution in [1.82, 2.24) is 9.55 Å². The molecule has 86 valence electrons. The van der Waals surface area contributed by atoms with Crippen molar-refractivity contribution in [3.63, 3.8) is 0 Å². The molecule has 0 aromatic carbocycles. The Bertz CT molecular complexity index is 278. The summed E-state index contributed by atoms with van der Waals surface area (Å²) in [5.41, 5.74) is 1.10. The quantitative estimate of drug-likeness (QED) is 0.699. The van der Waals surface area contributed by atoms with Crippen LogP contribution in [0.3, 0.4) is 0 Å². The standard InChI is InChI=1S/C12H23N3/c1-4-6-7-8-9-15-10-11(3)14-12(15)13-5-2/h10H,4-9H2,1-3H3,(H,13,14). The summed E-state index contributed by atoms with van der Waals surface area (Å²) in [4.78, 5) is 4.45. The first-order valence-corrected chi connectivity index (χ1v) is 6.05. The van der Waals surface area contributed by atoms with Crippen molar-refractivity contribution in [2.45, 2.75) is 53.0 Å². The van der Waals surface area contributed by atoms with Crippen molar-refractivity contribution in [3.8, 4) is 0 Å². The third-order valence-corrected chi connectivity index (χ3v) is 2.48. The van der Waals surface area contributed by atoms with Gasteiger partial charge in [0, 0.05) is 19.3 Å². The minimum atomic E-state index is 0.936. The first-order valence-electron chi connectivity index (χ1n) is 6.05.